The van der Waals surface area contributed by atoms with Crippen molar-refractivity contribution in [1.29, 1.82) is 0 Å². The van der Waals surface area contributed by atoms with E-state index in [0.29, 0.717) is 12.2 Å². The smallest absolute Gasteiger partial charge is 0.252 e. The predicted molar refractivity (Wildman–Crippen MR) is 66.6 cm³/mol. The molecule has 3 N–H and O–H groups in total. The van der Waals surface area contributed by atoms with Crippen molar-refractivity contribution >= 4 is 17.2 Å². The van der Waals surface area contributed by atoms with E-state index in [4.69, 9.17) is 5.73 Å². The highest BCUT2D eigenvalue weighted by Crippen LogP contribution is 2.11. The lowest BCUT2D eigenvalue weighted by atomic mass is 10.2. The Balaban J connectivity index is 2.01. The van der Waals surface area contributed by atoms with Gasteiger partial charge in [-0.25, -0.2) is 4.98 Å². The van der Waals surface area contributed by atoms with Crippen LogP contribution < -0.4 is 11.1 Å². The van der Waals surface area contributed by atoms with Gasteiger partial charge in [0.25, 0.3) is 5.91 Å². The molecular weight excluding hydrogens is 236 g/mol. The molecule has 2 heterocycles. The monoisotopic (exact) mass is 250 g/mol. The van der Waals surface area contributed by atoms with Gasteiger partial charge < -0.3 is 15.6 Å². The Labute approximate surface area is 103 Å². The van der Waals surface area contributed by atoms with Crippen LogP contribution in [0.3, 0.4) is 0 Å². The molecule has 1 atom stereocenters. The zero-order chi connectivity index (χ0) is 12.3. The number of thiophene rings is 1. The van der Waals surface area contributed by atoms with E-state index in [0.717, 1.165) is 5.69 Å². The van der Waals surface area contributed by atoms with Gasteiger partial charge in [0.2, 0.25) is 0 Å². The Morgan fingerprint density at radius 2 is 2.53 bits per heavy atom. The van der Waals surface area contributed by atoms with E-state index in [1.54, 1.807) is 17.0 Å². The third kappa shape index (κ3) is 2.72. The SMILES string of the molecule is C[C@H](NC(=O)c1ccsc1)c1cn(CN)cn1. The number of hydrogen-bond donors (Lipinski definition) is 2. The number of rotatable bonds is 4. The number of nitrogens with zero attached hydrogens (tertiary/aromatic N) is 2. The van der Waals surface area contributed by atoms with E-state index in [-0.39, 0.29) is 11.9 Å². The predicted octanol–water partition coefficient (Wildman–Crippen LogP) is 1.35. The molecule has 0 aliphatic heterocycles. The third-order valence-corrected chi connectivity index (χ3v) is 3.12. The molecule has 0 unspecified atom stereocenters. The lowest BCUT2D eigenvalue weighted by Crippen LogP contribution is -2.26. The first-order valence-corrected chi connectivity index (χ1v) is 6.20. The van der Waals surface area contributed by atoms with E-state index in [1.165, 1.54) is 11.3 Å². The summed E-state index contributed by atoms with van der Waals surface area (Å²) >= 11 is 1.50. The summed E-state index contributed by atoms with van der Waals surface area (Å²) in [5.41, 5.74) is 6.96. The molecule has 6 heteroatoms. The highest BCUT2D eigenvalue weighted by molar-refractivity contribution is 7.08. The molecule has 2 aromatic rings. The van der Waals surface area contributed by atoms with Crippen LogP contribution in [-0.2, 0) is 6.67 Å². The molecule has 90 valence electrons. The largest absolute Gasteiger partial charge is 0.344 e. The minimum Gasteiger partial charge on any atom is -0.344 e. The average molecular weight is 250 g/mol. The minimum atomic E-state index is -0.129. The van der Waals surface area contributed by atoms with Gasteiger partial charge in [-0.2, -0.15) is 11.3 Å². The summed E-state index contributed by atoms with van der Waals surface area (Å²) in [5.74, 6) is -0.0824. The lowest BCUT2D eigenvalue weighted by Gasteiger charge is -2.10. The van der Waals surface area contributed by atoms with Crippen molar-refractivity contribution in [2.45, 2.75) is 19.6 Å². The van der Waals surface area contributed by atoms with Crippen LogP contribution >= 0.6 is 11.3 Å². The van der Waals surface area contributed by atoms with Crippen LogP contribution in [0.2, 0.25) is 0 Å². The number of nitrogens with two attached hydrogens (primary N) is 1. The average Bonchev–Trinajstić information content (AvgIpc) is 3.00. The zero-order valence-corrected chi connectivity index (χ0v) is 10.3. The van der Waals surface area contributed by atoms with Crippen molar-refractivity contribution in [3.8, 4) is 0 Å². The standard InChI is InChI=1S/C11H14N4OS/c1-8(10-4-15(6-12)7-13-10)14-11(16)9-2-3-17-5-9/h2-5,7-8H,6,12H2,1H3,(H,14,16)/t8-/m0/s1. The van der Waals surface area contributed by atoms with Gasteiger partial charge in [0.1, 0.15) is 0 Å². The minimum absolute atomic E-state index is 0.0824. The van der Waals surface area contributed by atoms with Gasteiger partial charge in [-0.1, -0.05) is 0 Å². The van der Waals surface area contributed by atoms with Gasteiger partial charge >= 0.3 is 0 Å². The van der Waals surface area contributed by atoms with Crippen molar-refractivity contribution < 1.29 is 4.79 Å². The van der Waals surface area contributed by atoms with Crippen LogP contribution in [0.1, 0.15) is 29.0 Å². The van der Waals surface area contributed by atoms with Crippen LogP contribution in [0.5, 0.6) is 0 Å². The number of hydrogen-bond acceptors (Lipinski definition) is 4. The molecular formula is C11H14N4OS. The van der Waals surface area contributed by atoms with Crippen LogP contribution in [0.25, 0.3) is 0 Å². The molecule has 5 nitrogen and oxygen atoms in total. The van der Waals surface area contributed by atoms with E-state index >= 15 is 0 Å². The number of nitrogens with one attached hydrogen (secondary N) is 1. The highest BCUT2D eigenvalue weighted by Gasteiger charge is 2.13. The number of aromatic nitrogens is 2. The summed E-state index contributed by atoms with van der Waals surface area (Å²) in [5, 5.41) is 6.58. The molecule has 2 rings (SSSR count). The molecule has 0 aliphatic rings. The fourth-order valence-electron chi connectivity index (χ4n) is 1.45. The molecule has 2 aromatic heterocycles. The fraction of sp³-hybridized carbons (Fsp3) is 0.273. The van der Waals surface area contributed by atoms with Gasteiger partial charge in [-0.15, -0.1) is 0 Å². The first kappa shape index (κ1) is 11.8. The summed E-state index contributed by atoms with van der Waals surface area (Å²) in [6, 6.07) is 1.67. The Hall–Kier alpha value is -1.66. The normalized spacial score (nSPS) is 12.4. The maximum absolute atomic E-state index is 11.8. The maximum atomic E-state index is 11.8. The van der Waals surface area contributed by atoms with E-state index in [2.05, 4.69) is 10.3 Å². The Bertz CT molecular complexity index is 491. The fourth-order valence-corrected chi connectivity index (χ4v) is 2.08. The van der Waals surface area contributed by atoms with Gasteiger partial charge in [0, 0.05) is 11.6 Å². The molecule has 0 fully saturated rings. The molecule has 0 saturated heterocycles. The van der Waals surface area contributed by atoms with Crippen molar-refractivity contribution in [2.75, 3.05) is 0 Å². The highest BCUT2D eigenvalue weighted by atomic mass is 32.1. The van der Waals surface area contributed by atoms with E-state index < -0.39 is 0 Å². The molecule has 0 saturated carbocycles. The maximum Gasteiger partial charge on any atom is 0.252 e. The van der Waals surface area contributed by atoms with Gasteiger partial charge in [-0.3, -0.25) is 4.79 Å². The quantitative estimate of drug-likeness (QED) is 0.860. The Kier molecular flexibility index (Phi) is 3.55. The second-order valence-electron chi connectivity index (χ2n) is 3.70. The number of carbonyl (C=O) groups is 1. The first-order chi connectivity index (χ1) is 8.20. The van der Waals surface area contributed by atoms with Gasteiger partial charge in [0.05, 0.1) is 30.3 Å². The molecule has 0 spiro atoms. The Morgan fingerprint density at radius 3 is 3.12 bits per heavy atom. The first-order valence-electron chi connectivity index (χ1n) is 5.25. The molecule has 1 amide bonds. The van der Waals surface area contributed by atoms with Crippen LogP contribution in [0.4, 0.5) is 0 Å². The third-order valence-electron chi connectivity index (χ3n) is 2.44. The molecule has 0 radical (unpaired) electrons. The van der Waals surface area contributed by atoms with E-state index in [9.17, 15) is 4.79 Å². The molecule has 17 heavy (non-hydrogen) atoms. The summed E-state index contributed by atoms with van der Waals surface area (Å²) in [6.45, 7) is 2.28. The Morgan fingerprint density at radius 1 is 1.71 bits per heavy atom. The van der Waals surface area contributed by atoms with Gasteiger partial charge in [-0.05, 0) is 18.4 Å². The van der Waals surface area contributed by atoms with Crippen LogP contribution in [-0.4, -0.2) is 15.5 Å². The second-order valence-corrected chi connectivity index (χ2v) is 4.48. The summed E-state index contributed by atoms with van der Waals surface area (Å²) in [6.07, 6.45) is 3.49. The van der Waals surface area contributed by atoms with E-state index in [1.807, 2.05) is 23.9 Å². The topological polar surface area (TPSA) is 72.9 Å². The number of carbonyl (C=O) groups excluding carboxylic acids is 1. The summed E-state index contributed by atoms with van der Waals surface area (Å²) in [7, 11) is 0. The summed E-state index contributed by atoms with van der Waals surface area (Å²) in [4.78, 5) is 16.0. The van der Waals surface area contributed by atoms with Crippen LogP contribution in [0.15, 0.2) is 29.4 Å². The number of imidazole rings is 1. The van der Waals surface area contributed by atoms with Crippen LogP contribution in [0, 0.1) is 0 Å². The van der Waals surface area contributed by atoms with Crippen molar-refractivity contribution in [3.05, 3.63) is 40.6 Å². The van der Waals surface area contributed by atoms with Gasteiger partial charge in [0.15, 0.2) is 0 Å². The van der Waals surface area contributed by atoms with Crippen molar-refractivity contribution in [3.63, 3.8) is 0 Å². The lowest BCUT2D eigenvalue weighted by molar-refractivity contribution is 0.0939. The second kappa shape index (κ2) is 5.11. The molecule has 0 aliphatic carbocycles. The van der Waals surface area contributed by atoms with Crippen molar-refractivity contribution in [1.82, 2.24) is 14.9 Å². The molecule has 0 aromatic carbocycles. The molecule has 0 bridgehead atoms. The van der Waals surface area contributed by atoms with Crippen molar-refractivity contribution in [2.24, 2.45) is 5.73 Å². The zero-order valence-electron chi connectivity index (χ0n) is 9.46. The number of amides is 1. The summed E-state index contributed by atoms with van der Waals surface area (Å²) < 4.78 is 1.77.